The Hall–Kier alpha value is -0.830. The van der Waals surface area contributed by atoms with Crippen LogP contribution in [0.5, 0.6) is 0 Å². The van der Waals surface area contributed by atoms with Gasteiger partial charge in [0.2, 0.25) is 0 Å². The normalized spacial score (nSPS) is 12.2. The molecule has 0 spiro atoms. The Labute approximate surface area is 79.4 Å². The molecule has 1 unspecified atom stereocenters. The molecular formula is C10H18O3. The van der Waals surface area contributed by atoms with Crippen LogP contribution in [-0.4, -0.2) is 23.8 Å². The summed E-state index contributed by atoms with van der Waals surface area (Å²) in [6.45, 7) is 5.70. The van der Waals surface area contributed by atoms with Crippen LogP contribution in [0.2, 0.25) is 0 Å². The third kappa shape index (κ3) is 7.53. The van der Waals surface area contributed by atoms with Crippen LogP contribution in [0.3, 0.4) is 0 Å². The Morgan fingerprint density at radius 2 is 2.38 bits per heavy atom. The molecule has 1 atom stereocenters. The largest absolute Gasteiger partial charge is 0.466 e. The van der Waals surface area contributed by atoms with Crippen LogP contribution in [0.4, 0.5) is 0 Å². The number of carbonyl (C=O) groups is 1. The number of aliphatic hydroxyl groups excluding tert-OH is 1. The molecule has 0 amide bonds. The molecule has 3 heteroatoms. The monoisotopic (exact) mass is 186 g/mol. The second kappa shape index (κ2) is 7.80. The zero-order valence-corrected chi connectivity index (χ0v) is 8.16. The summed E-state index contributed by atoms with van der Waals surface area (Å²) in [4.78, 5) is 10.9. The molecule has 0 aliphatic rings. The molecular weight excluding hydrogens is 168 g/mol. The number of rotatable bonds is 7. The van der Waals surface area contributed by atoms with Gasteiger partial charge < -0.3 is 9.84 Å². The van der Waals surface area contributed by atoms with Crippen LogP contribution >= 0.6 is 0 Å². The average molecular weight is 186 g/mol. The predicted molar refractivity (Wildman–Crippen MR) is 51.3 cm³/mol. The first-order chi connectivity index (χ1) is 6.20. The van der Waals surface area contributed by atoms with Gasteiger partial charge in [0.15, 0.2) is 0 Å². The van der Waals surface area contributed by atoms with Crippen LogP contribution in [0, 0.1) is 0 Å². The van der Waals surface area contributed by atoms with Gasteiger partial charge in [-0.2, -0.15) is 0 Å². The van der Waals surface area contributed by atoms with Gasteiger partial charge in [0.1, 0.15) is 0 Å². The predicted octanol–water partition coefficient (Wildman–Crippen LogP) is 1.66. The molecule has 0 fully saturated rings. The lowest BCUT2D eigenvalue weighted by molar-refractivity contribution is -0.145. The van der Waals surface area contributed by atoms with E-state index in [1.807, 2.05) is 0 Å². The first-order valence-corrected chi connectivity index (χ1v) is 4.65. The first-order valence-electron chi connectivity index (χ1n) is 4.65. The molecule has 0 rings (SSSR count). The van der Waals surface area contributed by atoms with Crippen LogP contribution < -0.4 is 0 Å². The highest BCUT2D eigenvalue weighted by Gasteiger charge is 2.10. The maximum Gasteiger partial charge on any atom is 0.308 e. The van der Waals surface area contributed by atoms with Gasteiger partial charge in [0, 0.05) is 0 Å². The van der Waals surface area contributed by atoms with E-state index in [9.17, 15) is 9.90 Å². The van der Waals surface area contributed by atoms with Gasteiger partial charge in [-0.1, -0.05) is 6.08 Å². The summed E-state index contributed by atoms with van der Waals surface area (Å²) >= 11 is 0. The minimum atomic E-state index is -0.570. The number of aliphatic hydroxyl groups is 1. The summed E-state index contributed by atoms with van der Waals surface area (Å²) < 4.78 is 4.70. The van der Waals surface area contributed by atoms with E-state index in [-0.39, 0.29) is 12.4 Å². The fourth-order valence-corrected chi connectivity index (χ4v) is 1.01. The van der Waals surface area contributed by atoms with Crippen molar-refractivity contribution in [3.8, 4) is 0 Å². The van der Waals surface area contributed by atoms with E-state index < -0.39 is 6.10 Å². The third-order valence-electron chi connectivity index (χ3n) is 1.65. The van der Waals surface area contributed by atoms with Crippen molar-refractivity contribution in [1.29, 1.82) is 0 Å². The quantitative estimate of drug-likeness (QED) is 0.373. The lowest BCUT2D eigenvalue weighted by atomic mass is 10.1. The van der Waals surface area contributed by atoms with Crippen LogP contribution in [0.15, 0.2) is 12.7 Å². The molecule has 0 saturated carbocycles. The molecule has 0 aromatic heterocycles. The van der Waals surface area contributed by atoms with E-state index in [0.29, 0.717) is 13.0 Å². The first kappa shape index (κ1) is 12.2. The van der Waals surface area contributed by atoms with Gasteiger partial charge in [0.25, 0.3) is 0 Å². The molecule has 0 aromatic rings. The van der Waals surface area contributed by atoms with Crippen LogP contribution in [0.1, 0.15) is 32.6 Å². The van der Waals surface area contributed by atoms with E-state index in [0.717, 1.165) is 12.8 Å². The number of unbranched alkanes of at least 4 members (excludes halogenated alkanes) is 1. The van der Waals surface area contributed by atoms with E-state index in [2.05, 4.69) is 6.58 Å². The van der Waals surface area contributed by atoms with Gasteiger partial charge in [0.05, 0.1) is 19.1 Å². The Kier molecular flexibility index (Phi) is 7.30. The lowest BCUT2D eigenvalue weighted by Gasteiger charge is -2.08. The number of hydrogen-bond acceptors (Lipinski definition) is 3. The Morgan fingerprint density at radius 1 is 1.69 bits per heavy atom. The zero-order valence-electron chi connectivity index (χ0n) is 8.16. The Morgan fingerprint density at radius 3 is 2.92 bits per heavy atom. The molecule has 0 aromatic carbocycles. The Balaban J connectivity index is 3.43. The van der Waals surface area contributed by atoms with Crippen molar-refractivity contribution in [3.63, 3.8) is 0 Å². The molecule has 0 radical (unpaired) electrons. The van der Waals surface area contributed by atoms with E-state index in [1.165, 1.54) is 0 Å². The number of esters is 1. The van der Waals surface area contributed by atoms with E-state index >= 15 is 0 Å². The van der Waals surface area contributed by atoms with Gasteiger partial charge in [-0.15, -0.1) is 6.58 Å². The molecule has 3 nitrogen and oxygen atoms in total. The molecule has 76 valence electrons. The highest BCUT2D eigenvalue weighted by molar-refractivity contribution is 5.69. The van der Waals surface area contributed by atoms with Crippen molar-refractivity contribution in [2.45, 2.75) is 38.7 Å². The van der Waals surface area contributed by atoms with E-state index in [4.69, 9.17) is 4.74 Å². The van der Waals surface area contributed by atoms with Crippen molar-refractivity contribution in [1.82, 2.24) is 0 Å². The van der Waals surface area contributed by atoms with Crippen molar-refractivity contribution in [2.24, 2.45) is 0 Å². The summed E-state index contributed by atoms with van der Waals surface area (Å²) in [6, 6.07) is 0. The van der Waals surface area contributed by atoms with Gasteiger partial charge in [-0.25, -0.2) is 0 Å². The fraction of sp³-hybridized carbons (Fsp3) is 0.700. The molecule has 0 aliphatic heterocycles. The van der Waals surface area contributed by atoms with Crippen molar-refractivity contribution < 1.29 is 14.6 Å². The molecule has 0 bridgehead atoms. The summed E-state index contributed by atoms with van der Waals surface area (Å²) in [5, 5.41) is 9.34. The topological polar surface area (TPSA) is 46.5 Å². The lowest BCUT2D eigenvalue weighted by Crippen LogP contribution is -2.15. The van der Waals surface area contributed by atoms with Gasteiger partial charge >= 0.3 is 5.97 Å². The smallest absolute Gasteiger partial charge is 0.308 e. The maximum atomic E-state index is 10.9. The average Bonchev–Trinajstić information content (AvgIpc) is 2.05. The standard InChI is InChI=1S/C10H18O3/c1-3-5-6-7-9(11)8-10(12)13-4-2/h3,9,11H,1,4-8H2,2H3. The van der Waals surface area contributed by atoms with Gasteiger partial charge in [-0.3, -0.25) is 4.79 Å². The second-order valence-corrected chi connectivity index (χ2v) is 2.88. The molecule has 0 heterocycles. The zero-order chi connectivity index (χ0) is 10.1. The van der Waals surface area contributed by atoms with E-state index in [1.54, 1.807) is 13.0 Å². The molecule has 0 aliphatic carbocycles. The highest BCUT2D eigenvalue weighted by atomic mass is 16.5. The number of allylic oxidation sites excluding steroid dienone is 1. The molecule has 0 saturated heterocycles. The van der Waals surface area contributed by atoms with Crippen molar-refractivity contribution in [2.75, 3.05) is 6.61 Å². The maximum absolute atomic E-state index is 10.9. The third-order valence-corrected chi connectivity index (χ3v) is 1.65. The second-order valence-electron chi connectivity index (χ2n) is 2.88. The van der Waals surface area contributed by atoms with Crippen molar-refractivity contribution in [3.05, 3.63) is 12.7 Å². The number of ether oxygens (including phenoxy) is 1. The minimum Gasteiger partial charge on any atom is -0.466 e. The van der Waals surface area contributed by atoms with Gasteiger partial charge in [-0.05, 0) is 26.2 Å². The fourth-order valence-electron chi connectivity index (χ4n) is 1.01. The van der Waals surface area contributed by atoms with Crippen LogP contribution in [0.25, 0.3) is 0 Å². The number of hydrogen-bond donors (Lipinski definition) is 1. The highest BCUT2D eigenvalue weighted by Crippen LogP contribution is 2.05. The summed E-state index contributed by atoms with van der Waals surface area (Å²) in [6.07, 6.45) is 3.70. The molecule has 1 N–H and O–H groups in total. The number of carbonyl (C=O) groups excluding carboxylic acids is 1. The summed E-state index contributed by atoms with van der Waals surface area (Å²) in [5.41, 5.74) is 0. The summed E-state index contributed by atoms with van der Waals surface area (Å²) in [7, 11) is 0. The van der Waals surface area contributed by atoms with Crippen molar-refractivity contribution >= 4 is 5.97 Å². The van der Waals surface area contributed by atoms with Crippen LogP contribution in [-0.2, 0) is 9.53 Å². The Bertz CT molecular complexity index is 154. The summed E-state index contributed by atoms with van der Waals surface area (Å²) in [5.74, 6) is -0.325. The SMILES string of the molecule is C=CCCCC(O)CC(=O)OCC. The minimum absolute atomic E-state index is 0.102. The molecule has 13 heavy (non-hydrogen) atoms.